The summed E-state index contributed by atoms with van der Waals surface area (Å²) in [5.41, 5.74) is 5.77. The van der Waals surface area contributed by atoms with Gasteiger partial charge >= 0.3 is 0 Å². The maximum absolute atomic E-state index is 9.13. The summed E-state index contributed by atoms with van der Waals surface area (Å²) in [5.74, 6) is 0.223. The maximum atomic E-state index is 9.13. The number of hydrogen-bond acceptors (Lipinski definition) is 4. The molecule has 0 N–H and O–H groups in total. The molecule has 0 saturated carbocycles. The molecule has 0 atom stereocenters. The van der Waals surface area contributed by atoms with Crippen LogP contribution in [0.1, 0.15) is 12.8 Å². The Bertz CT molecular complexity index is 1230. The molecule has 1 fully saturated rings. The van der Waals surface area contributed by atoms with E-state index in [1.54, 1.807) is 11.3 Å². The van der Waals surface area contributed by atoms with Crippen LogP contribution in [0.25, 0.3) is 33.2 Å². The zero-order valence-corrected chi connectivity index (χ0v) is 18.7. The Morgan fingerprint density at radius 2 is 1.90 bits per heavy atom. The average molecular weight is 447 g/mol. The summed E-state index contributed by atoms with van der Waals surface area (Å²) < 4.78 is 2.33. The van der Waals surface area contributed by atoms with Crippen molar-refractivity contribution in [2.75, 3.05) is 19.6 Å². The number of rotatable bonds is 5. The Kier molecular flexibility index (Phi) is 5.78. The monoisotopic (exact) mass is 446 g/mol. The van der Waals surface area contributed by atoms with Crippen LogP contribution < -0.4 is 0 Å². The Hall–Kier alpha value is -2.65. The Morgan fingerprint density at radius 3 is 2.68 bits per heavy atom. The second kappa shape index (κ2) is 8.84. The van der Waals surface area contributed by atoms with E-state index in [1.807, 2.05) is 18.5 Å². The predicted molar refractivity (Wildman–Crippen MR) is 128 cm³/mol. The molecule has 4 nitrogen and oxygen atoms in total. The second-order valence-electron chi connectivity index (χ2n) is 8.12. The van der Waals surface area contributed by atoms with E-state index in [1.165, 1.54) is 11.1 Å². The lowest BCUT2D eigenvalue weighted by atomic mass is 9.99. The third kappa shape index (κ3) is 4.24. The number of pyridine rings is 1. The van der Waals surface area contributed by atoms with Gasteiger partial charge in [-0.1, -0.05) is 11.6 Å². The number of piperidine rings is 1. The highest BCUT2D eigenvalue weighted by molar-refractivity contribution is 7.08. The van der Waals surface area contributed by atoms with E-state index in [4.69, 9.17) is 16.9 Å². The fourth-order valence-electron chi connectivity index (χ4n) is 4.39. The normalized spacial score (nSPS) is 15.4. The van der Waals surface area contributed by atoms with Crippen LogP contribution in [0.15, 0.2) is 59.7 Å². The van der Waals surface area contributed by atoms with Crippen molar-refractivity contribution in [1.82, 2.24) is 14.5 Å². The topological polar surface area (TPSA) is 44.9 Å². The van der Waals surface area contributed by atoms with Gasteiger partial charge in [0, 0.05) is 70.2 Å². The van der Waals surface area contributed by atoms with Gasteiger partial charge in [-0.15, -0.1) is 0 Å². The Labute approximate surface area is 191 Å². The third-order valence-electron chi connectivity index (χ3n) is 6.17. The molecule has 0 aliphatic carbocycles. The highest BCUT2D eigenvalue weighted by Crippen LogP contribution is 2.34. The van der Waals surface area contributed by atoms with Crippen molar-refractivity contribution in [3.8, 4) is 28.3 Å². The zero-order chi connectivity index (χ0) is 21.2. The molecule has 4 aromatic rings. The molecule has 0 bridgehead atoms. The molecule has 1 saturated heterocycles. The number of hydrogen-bond donors (Lipinski definition) is 0. The first-order valence-electron chi connectivity index (χ1n) is 10.6. The summed E-state index contributed by atoms with van der Waals surface area (Å²) in [7, 11) is 0. The molecule has 156 valence electrons. The van der Waals surface area contributed by atoms with E-state index < -0.39 is 0 Å². The van der Waals surface area contributed by atoms with E-state index in [0.717, 1.165) is 66.1 Å². The minimum atomic E-state index is 0.223. The smallest absolute Gasteiger partial charge is 0.0656 e. The van der Waals surface area contributed by atoms with Gasteiger partial charge in [-0.25, -0.2) is 0 Å². The molecule has 1 aliphatic rings. The van der Waals surface area contributed by atoms with Gasteiger partial charge in [0.05, 0.1) is 6.07 Å². The lowest BCUT2D eigenvalue weighted by molar-refractivity contribution is 0.200. The van der Waals surface area contributed by atoms with Crippen molar-refractivity contribution in [3.05, 3.63) is 64.7 Å². The van der Waals surface area contributed by atoms with Gasteiger partial charge in [-0.05, 0) is 72.6 Å². The maximum Gasteiger partial charge on any atom is 0.0656 e. The van der Waals surface area contributed by atoms with Crippen LogP contribution >= 0.6 is 22.9 Å². The average Bonchev–Trinajstić information content (AvgIpc) is 3.46. The van der Waals surface area contributed by atoms with Crippen LogP contribution in [0.2, 0.25) is 5.02 Å². The molecule has 0 spiro atoms. The van der Waals surface area contributed by atoms with E-state index in [9.17, 15) is 0 Å². The zero-order valence-electron chi connectivity index (χ0n) is 17.2. The van der Waals surface area contributed by atoms with E-state index in [2.05, 4.69) is 61.7 Å². The minimum Gasteiger partial charge on any atom is -0.346 e. The van der Waals surface area contributed by atoms with Gasteiger partial charge in [-0.3, -0.25) is 4.98 Å². The van der Waals surface area contributed by atoms with Crippen molar-refractivity contribution in [2.24, 2.45) is 5.92 Å². The molecule has 6 heteroatoms. The molecule has 0 radical (unpaired) electrons. The van der Waals surface area contributed by atoms with E-state index in [0.29, 0.717) is 0 Å². The first-order chi connectivity index (χ1) is 15.2. The molecule has 4 heterocycles. The van der Waals surface area contributed by atoms with Crippen molar-refractivity contribution < 1.29 is 0 Å². The summed E-state index contributed by atoms with van der Waals surface area (Å²) in [6.07, 6.45) is 8.04. The van der Waals surface area contributed by atoms with Crippen molar-refractivity contribution >= 4 is 33.8 Å². The molecule has 0 amide bonds. The van der Waals surface area contributed by atoms with Gasteiger partial charge in [0.25, 0.3) is 0 Å². The van der Waals surface area contributed by atoms with Gasteiger partial charge in [0.2, 0.25) is 0 Å². The molecule has 3 aromatic heterocycles. The number of likely N-dealkylation sites (tertiary alicyclic amines) is 1. The molecule has 1 aliphatic heterocycles. The summed E-state index contributed by atoms with van der Waals surface area (Å²) in [5, 5.41) is 15.3. The largest absolute Gasteiger partial charge is 0.346 e. The standard InChI is InChI=1S/C25H23ClN4S/c26-22-1-2-25-23(12-22)24(21-11-20(14-28-15-21)19-5-10-31-17-19)16-30(25)9-8-29-6-3-18(13-27)4-7-29/h1-2,5,10-12,14-18H,3-4,6-9H2. The van der Waals surface area contributed by atoms with Crippen LogP contribution in [-0.2, 0) is 6.54 Å². The summed E-state index contributed by atoms with van der Waals surface area (Å²) >= 11 is 8.06. The molecule has 31 heavy (non-hydrogen) atoms. The van der Waals surface area contributed by atoms with Crippen molar-refractivity contribution in [3.63, 3.8) is 0 Å². The molecular weight excluding hydrogens is 424 g/mol. The fraction of sp³-hybridized carbons (Fsp3) is 0.280. The number of thiophene rings is 1. The lowest BCUT2D eigenvalue weighted by Crippen LogP contribution is -2.35. The fourth-order valence-corrected chi connectivity index (χ4v) is 5.23. The van der Waals surface area contributed by atoms with Crippen LogP contribution in [-0.4, -0.2) is 34.1 Å². The van der Waals surface area contributed by atoms with Gasteiger partial charge in [0.1, 0.15) is 0 Å². The summed E-state index contributed by atoms with van der Waals surface area (Å²) in [4.78, 5) is 6.98. The first kappa shape index (κ1) is 20.3. The number of benzene rings is 1. The highest BCUT2D eigenvalue weighted by Gasteiger charge is 2.19. The SMILES string of the molecule is N#CC1CCN(CCn2cc(-c3cncc(-c4ccsc4)c3)c3cc(Cl)ccc32)CC1. The van der Waals surface area contributed by atoms with Gasteiger partial charge in [0.15, 0.2) is 0 Å². The first-order valence-corrected chi connectivity index (χ1v) is 11.9. The van der Waals surface area contributed by atoms with E-state index in [-0.39, 0.29) is 5.92 Å². The number of halogens is 1. The Balaban J connectivity index is 1.45. The van der Waals surface area contributed by atoms with Crippen molar-refractivity contribution in [2.45, 2.75) is 19.4 Å². The molecule has 0 unspecified atom stereocenters. The lowest BCUT2D eigenvalue weighted by Gasteiger charge is -2.29. The van der Waals surface area contributed by atoms with Crippen LogP contribution in [0.4, 0.5) is 0 Å². The van der Waals surface area contributed by atoms with Gasteiger partial charge in [-0.2, -0.15) is 16.6 Å². The predicted octanol–water partition coefficient (Wildman–Crippen LogP) is 6.32. The van der Waals surface area contributed by atoms with Crippen LogP contribution in [0, 0.1) is 17.2 Å². The number of fused-ring (bicyclic) bond motifs is 1. The van der Waals surface area contributed by atoms with Crippen LogP contribution in [0.3, 0.4) is 0 Å². The highest BCUT2D eigenvalue weighted by atomic mass is 35.5. The minimum absolute atomic E-state index is 0.223. The summed E-state index contributed by atoms with van der Waals surface area (Å²) in [6.45, 7) is 3.90. The molecular formula is C25H23ClN4S. The number of nitrogens with zero attached hydrogens (tertiary/aromatic N) is 4. The van der Waals surface area contributed by atoms with Crippen LogP contribution in [0.5, 0.6) is 0 Å². The number of nitriles is 1. The number of aromatic nitrogens is 2. The second-order valence-corrected chi connectivity index (χ2v) is 9.33. The molecule has 1 aromatic carbocycles. The Morgan fingerprint density at radius 1 is 1.06 bits per heavy atom. The molecule has 5 rings (SSSR count). The third-order valence-corrected chi connectivity index (χ3v) is 7.09. The van der Waals surface area contributed by atoms with E-state index >= 15 is 0 Å². The van der Waals surface area contributed by atoms with Gasteiger partial charge < -0.3 is 9.47 Å². The van der Waals surface area contributed by atoms with Crippen molar-refractivity contribution in [1.29, 1.82) is 5.26 Å². The summed E-state index contributed by atoms with van der Waals surface area (Å²) in [6, 6.07) is 12.9. The quantitative estimate of drug-likeness (QED) is 0.360.